The Morgan fingerprint density at radius 3 is 2.29 bits per heavy atom. The second-order valence-electron chi connectivity index (χ2n) is 2.94. The minimum Gasteiger partial charge on any atom is -0.479 e. The van der Waals surface area contributed by atoms with Crippen molar-refractivity contribution in [1.29, 1.82) is 0 Å². The summed E-state index contributed by atoms with van der Waals surface area (Å²) in [7, 11) is 0. The SMILES string of the molecule is CCC(OC(=O)[C@@H](N)[C@@H](C)O)C(=O)O. The quantitative estimate of drug-likeness (QED) is 0.502. The van der Waals surface area contributed by atoms with E-state index in [-0.39, 0.29) is 6.42 Å². The fourth-order valence-electron chi connectivity index (χ4n) is 0.724. The van der Waals surface area contributed by atoms with E-state index >= 15 is 0 Å². The highest BCUT2D eigenvalue weighted by molar-refractivity contribution is 5.81. The van der Waals surface area contributed by atoms with Gasteiger partial charge in [0.2, 0.25) is 0 Å². The van der Waals surface area contributed by atoms with Crippen LogP contribution in [0.3, 0.4) is 0 Å². The Morgan fingerprint density at radius 2 is 2.00 bits per heavy atom. The molecule has 14 heavy (non-hydrogen) atoms. The second-order valence-corrected chi connectivity index (χ2v) is 2.94. The van der Waals surface area contributed by atoms with Gasteiger partial charge in [-0.15, -0.1) is 0 Å². The van der Waals surface area contributed by atoms with Gasteiger partial charge in [-0.25, -0.2) is 4.79 Å². The molecule has 3 atom stereocenters. The number of esters is 1. The number of hydrogen-bond acceptors (Lipinski definition) is 5. The van der Waals surface area contributed by atoms with Crippen molar-refractivity contribution < 1.29 is 24.5 Å². The van der Waals surface area contributed by atoms with E-state index in [2.05, 4.69) is 4.74 Å². The van der Waals surface area contributed by atoms with Crippen LogP contribution in [0.25, 0.3) is 0 Å². The van der Waals surface area contributed by atoms with Crippen LogP contribution in [-0.2, 0) is 14.3 Å². The van der Waals surface area contributed by atoms with Gasteiger partial charge >= 0.3 is 11.9 Å². The van der Waals surface area contributed by atoms with Gasteiger partial charge in [-0.1, -0.05) is 6.92 Å². The van der Waals surface area contributed by atoms with E-state index in [0.29, 0.717) is 0 Å². The summed E-state index contributed by atoms with van der Waals surface area (Å²) in [6.45, 7) is 2.90. The van der Waals surface area contributed by atoms with Crippen molar-refractivity contribution in [2.24, 2.45) is 5.73 Å². The van der Waals surface area contributed by atoms with Gasteiger partial charge in [-0.2, -0.15) is 0 Å². The van der Waals surface area contributed by atoms with Crippen LogP contribution in [0.1, 0.15) is 20.3 Å². The standard InChI is InChI=1S/C8H15NO5/c1-3-5(7(11)12)14-8(13)6(9)4(2)10/h4-6,10H,3,9H2,1-2H3,(H,11,12)/t4-,5?,6+/m1/s1. The van der Waals surface area contributed by atoms with E-state index in [9.17, 15) is 9.59 Å². The molecule has 0 aromatic heterocycles. The van der Waals surface area contributed by atoms with Crippen LogP contribution in [0, 0.1) is 0 Å². The molecule has 0 aliphatic carbocycles. The monoisotopic (exact) mass is 205 g/mol. The molecule has 0 aromatic rings. The summed E-state index contributed by atoms with van der Waals surface area (Å²) in [4.78, 5) is 21.6. The van der Waals surface area contributed by atoms with Crippen LogP contribution in [0.2, 0.25) is 0 Å². The van der Waals surface area contributed by atoms with Crippen molar-refractivity contribution in [3.05, 3.63) is 0 Å². The van der Waals surface area contributed by atoms with E-state index < -0.39 is 30.2 Å². The molecule has 82 valence electrons. The fourth-order valence-corrected chi connectivity index (χ4v) is 0.724. The van der Waals surface area contributed by atoms with Crippen LogP contribution < -0.4 is 5.73 Å². The van der Waals surface area contributed by atoms with Crippen LogP contribution in [0.15, 0.2) is 0 Å². The van der Waals surface area contributed by atoms with Crippen LogP contribution in [0.5, 0.6) is 0 Å². The summed E-state index contributed by atoms with van der Waals surface area (Å²) in [5.41, 5.74) is 5.25. The average Bonchev–Trinajstić information content (AvgIpc) is 2.11. The van der Waals surface area contributed by atoms with Crippen LogP contribution in [-0.4, -0.2) is 40.4 Å². The van der Waals surface area contributed by atoms with E-state index in [1.165, 1.54) is 6.92 Å². The number of aliphatic carboxylic acids is 1. The zero-order valence-corrected chi connectivity index (χ0v) is 8.14. The third-order valence-electron chi connectivity index (χ3n) is 1.70. The summed E-state index contributed by atoms with van der Waals surface area (Å²) in [5.74, 6) is -2.13. The molecule has 0 bridgehead atoms. The molecule has 0 aromatic carbocycles. The van der Waals surface area contributed by atoms with Gasteiger partial charge in [0.05, 0.1) is 6.10 Å². The van der Waals surface area contributed by atoms with Gasteiger partial charge in [-0.05, 0) is 13.3 Å². The third-order valence-corrected chi connectivity index (χ3v) is 1.70. The Hall–Kier alpha value is -1.14. The largest absolute Gasteiger partial charge is 0.479 e. The Morgan fingerprint density at radius 1 is 1.50 bits per heavy atom. The summed E-state index contributed by atoms with van der Waals surface area (Å²) in [5, 5.41) is 17.5. The number of hydrogen-bond donors (Lipinski definition) is 3. The number of aliphatic hydroxyl groups excluding tert-OH is 1. The first-order chi connectivity index (χ1) is 6.40. The number of rotatable bonds is 5. The lowest BCUT2D eigenvalue weighted by atomic mass is 10.2. The molecule has 0 heterocycles. The molecule has 6 heteroatoms. The van der Waals surface area contributed by atoms with Crippen molar-refractivity contribution in [2.45, 2.75) is 38.5 Å². The van der Waals surface area contributed by atoms with Gasteiger partial charge in [0.15, 0.2) is 6.10 Å². The Labute approximate surface area is 81.7 Å². The predicted octanol–water partition coefficient (Wildman–Crippen LogP) is -0.899. The molecule has 0 aliphatic heterocycles. The van der Waals surface area contributed by atoms with Crippen molar-refractivity contribution >= 4 is 11.9 Å². The number of aliphatic hydroxyl groups is 1. The van der Waals surface area contributed by atoms with Crippen molar-refractivity contribution in [2.75, 3.05) is 0 Å². The highest BCUT2D eigenvalue weighted by Crippen LogP contribution is 2.02. The lowest BCUT2D eigenvalue weighted by Crippen LogP contribution is -2.43. The number of carboxylic acid groups (broad SMARTS) is 1. The van der Waals surface area contributed by atoms with Crippen molar-refractivity contribution in [1.82, 2.24) is 0 Å². The number of carbonyl (C=O) groups excluding carboxylic acids is 1. The molecule has 6 nitrogen and oxygen atoms in total. The maximum atomic E-state index is 11.1. The van der Waals surface area contributed by atoms with E-state index in [1.54, 1.807) is 6.92 Å². The number of carbonyl (C=O) groups is 2. The first-order valence-electron chi connectivity index (χ1n) is 4.27. The van der Waals surface area contributed by atoms with Crippen LogP contribution >= 0.6 is 0 Å². The summed E-state index contributed by atoms with van der Waals surface area (Å²) in [6, 6.07) is -1.21. The maximum Gasteiger partial charge on any atom is 0.345 e. The molecule has 0 spiro atoms. The van der Waals surface area contributed by atoms with E-state index in [0.717, 1.165) is 0 Å². The van der Waals surface area contributed by atoms with Gasteiger partial charge in [0.1, 0.15) is 6.04 Å². The topological polar surface area (TPSA) is 110 Å². The first kappa shape index (κ1) is 12.9. The highest BCUT2D eigenvalue weighted by Gasteiger charge is 2.26. The van der Waals surface area contributed by atoms with Crippen molar-refractivity contribution in [3.8, 4) is 0 Å². The van der Waals surface area contributed by atoms with Gasteiger partial charge in [0, 0.05) is 0 Å². The summed E-state index contributed by atoms with van der Waals surface area (Å²) in [6.07, 6.45) is -2.10. The minimum atomic E-state index is -1.22. The Bertz CT molecular complexity index is 216. The molecule has 0 radical (unpaired) electrons. The van der Waals surface area contributed by atoms with Gasteiger partial charge < -0.3 is 20.7 Å². The normalized spacial score (nSPS) is 16.9. The number of ether oxygens (including phenoxy) is 1. The second kappa shape index (κ2) is 5.56. The lowest BCUT2D eigenvalue weighted by molar-refractivity contribution is -0.166. The molecular weight excluding hydrogens is 190 g/mol. The zero-order chi connectivity index (χ0) is 11.3. The lowest BCUT2D eigenvalue weighted by Gasteiger charge is -2.17. The predicted molar refractivity (Wildman–Crippen MR) is 47.5 cm³/mol. The fraction of sp³-hybridized carbons (Fsp3) is 0.750. The van der Waals surface area contributed by atoms with Gasteiger partial charge in [0.25, 0.3) is 0 Å². The third kappa shape index (κ3) is 3.71. The molecular formula is C8H15NO5. The number of nitrogens with two attached hydrogens (primary N) is 1. The molecule has 0 fully saturated rings. The highest BCUT2D eigenvalue weighted by atomic mass is 16.6. The molecule has 0 amide bonds. The molecule has 4 N–H and O–H groups in total. The molecule has 1 unspecified atom stereocenters. The maximum absolute atomic E-state index is 11.1. The minimum absolute atomic E-state index is 0.160. The first-order valence-corrected chi connectivity index (χ1v) is 4.27. The van der Waals surface area contributed by atoms with E-state index in [1.807, 2.05) is 0 Å². The molecule has 0 saturated heterocycles. The zero-order valence-electron chi connectivity index (χ0n) is 8.14. The van der Waals surface area contributed by atoms with Crippen LogP contribution in [0.4, 0.5) is 0 Å². The molecule has 0 saturated carbocycles. The van der Waals surface area contributed by atoms with Crippen molar-refractivity contribution in [3.63, 3.8) is 0 Å². The molecule has 0 rings (SSSR count). The molecule has 0 aliphatic rings. The number of carboxylic acids is 1. The smallest absolute Gasteiger partial charge is 0.345 e. The summed E-state index contributed by atoms with van der Waals surface area (Å²) < 4.78 is 4.56. The summed E-state index contributed by atoms with van der Waals surface area (Å²) >= 11 is 0. The van der Waals surface area contributed by atoms with Gasteiger partial charge in [-0.3, -0.25) is 4.79 Å². The Balaban J connectivity index is 4.22. The average molecular weight is 205 g/mol. The Kier molecular flexibility index (Phi) is 5.11. The van der Waals surface area contributed by atoms with E-state index in [4.69, 9.17) is 15.9 Å².